The molecule has 6 aromatic rings. The SMILES string of the molecule is CC1=Nc2ccccc2N=C(C)C(=NNc2cccc3ccccc23)C(C)=Nc2ccccc2N=C(C)C1=NNc1cccc2ccccc12. The fourth-order valence-corrected chi connectivity index (χ4v) is 5.97. The molecule has 0 saturated heterocycles. The maximum atomic E-state index is 5.07. The molecule has 50 heavy (non-hydrogen) atoms. The van der Waals surface area contributed by atoms with Gasteiger partial charge in [-0.15, -0.1) is 0 Å². The van der Waals surface area contributed by atoms with Crippen molar-refractivity contribution >= 4 is 89.9 Å². The van der Waals surface area contributed by atoms with Crippen LogP contribution in [-0.2, 0) is 0 Å². The van der Waals surface area contributed by atoms with E-state index in [0.717, 1.165) is 32.9 Å². The molecule has 0 amide bonds. The highest BCUT2D eigenvalue weighted by Crippen LogP contribution is 2.31. The summed E-state index contributed by atoms with van der Waals surface area (Å²) >= 11 is 0. The number of fused-ring (bicyclic) bond motifs is 4. The Bertz CT molecular complexity index is 2170. The maximum Gasteiger partial charge on any atom is 0.126 e. The van der Waals surface area contributed by atoms with Gasteiger partial charge in [0.15, 0.2) is 0 Å². The number of hydrogen-bond donors (Lipinski definition) is 2. The van der Waals surface area contributed by atoms with Crippen molar-refractivity contribution in [1.29, 1.82) is 0 Å². The van der Waals surface area contributed by atoms with E-state index in [-0.39, 0.29) is 0 Å². The van der Waals surface area contributed by atoms with Crippen LogP contribution in [0.4, 0.5) is 34.1 Å². The van der Waals surface area contributed by atoms with Gasteiger partial charge < -0.3 is 0 Å². The zero-order valence-corrected chi connectivity index (χ0v) is 28.4. The summed E-state index contributed by atoms with van der Waals surface area (Å²) in [5.74, 6) is 0. The first-order valence-corrected chi connectivity index (χ1v) is 16.5. The van der Waals surface area contributed by atoms with Crippen molar-refractivity contribution < 1.29 is 0 Å². The van der Waals surface area contributed by atoms with E-state index >= 15 is 0 Å². The normalized spacial score (nSPS) is 13.6. The molecule has 0 fully saturated rings. The Morgan fingerprint density at radius 2 is 0.660 bits per heavy atom. The lowest BCUT2D eigenvalue weighted by molar-refractivity contribution is 1.35. The number of anilines is 2. The zero-order chi connectivity index (χ0) is 34.5. The molecule has 7 rings (SSSR count). The Hall–Kier alpha value is -6.54. The molecule has 0 aliphatic carbocycles. The minimum Gasteiger partial charge on any atom is -0.277 e. The van der Waals surface area contributed by atoms with Crippen molar-refractivity contribution in [2.75, 3.05) is 10.9 Å². The van der Waals surface area contributed by atoms with Crippen molar-refractivity contribution in [3.63, 3.8) is 0 Å². The van der Waals surface area contributed by atoms with E-state index in [9.17, 15) is 0 Å². The van der Waals surface area contributed by atoms with Crippen LogP contribution >= 0.6 is 0 Å². The second-order valence-corrected chi connectivity index (χ2v) is 12.0. The Morgan fingerprint density at radius 3 is 1.02 bits per heavy atom. The van der Waals surface area contributed by atoms with E-state index in [4.69, 9.17) is 30.2 Å². The maximum absolute atomic E-state index is 5.07. The van der Waals surface area contributed by atoms with Crippen LogP contribution in [0.3, 0.4) is 0 Å². The topological polar surface area (TPSA) is 98.2 Å². The van der Waals surface area contributed by atoms with Crippen LogP contribution in [0.2, 0.25) is 0 Å². The molecule has 0 atom stereocenters. The molecule has 1 aliphatic heterocycles. The smallest absolute Gasteiger partial charge is 0.126 e. The molecule has 0 spiro atoms. The quantitative estimate of drug-likeness (QED) is 0.185. The molecule has 8 nitrogen and oxygen atoms in total. The molecule has 8 heteroatoms. The lowest BCUT2D eigenvalue weighted by Crippen LogP contribution is -2.22. The minimum atomic E-state index is 0.613. The molecule has 1 heterocycles. The van der Waals surface area contributed by atoms with Gasteiger partial charge in [0.1, 0.15) is 11.4 Å². The third-order valence-corrected chi connectivity index (χ3v) is 8.44. The van der Waals surface area contributed by atoms with Crippen LogP contribution < -0.4 is 10.9 Å². The van der Waals surface area contributed by atoms with Crippen molar-refractivity contribution in [3.8, 4) is 0 Å². The van der Waals surface area contributed by atoms with Crippen LogP contribution in [0.25, 0.3) is 21.5 Å². The summed E-state index contributed by atoms with van der Waals surface area (Å²) in [5.41, 5.74) is 15.1. The number of rotatable bonds is 4. The van der Waals surface area contributed by atoms with Gasteiger partial charge in [-0.1, -0.05) is 97.1 Å². The Labute approximate surface area is 291 Å². The standard InChI is InChI=1S/C42H36N8/c1-27-41(49-47-35-25-13-17-31-15-5-7-19-33(31)35)28(2)44-39-23-11-12-24-40(39)46-30(4)42(29(3)45-38-22-10-9-21-37(38)43-27)50-48-36-26-14-18-32-16-6-8-20-34(32)36/h5-26,47-48H,1-4H3. The van der Waals surface area contributed by atoms with Crippen LogP contribution in [0, 0.1) is 0 Å². The highest BCUT2D eigenvalue weighted by molar-refractivity contribution is 6.69. The van der Waals surface area contributed by atoms with Gasteiger partial charge in [-0.2, -0.15) is 10.2 Å². The van der Waals surface area contributed by atoms with Gasteiger partial charge >= 0.3 is 0 Å². The average Bonchev–Trinajstić information content (AvgIpc) is 3.13. The van der Waals surface area contributed by atoms with E-state index in [2.05, 4.69) is 47.2 Å². The monoisotopic (exact) mass is 652 g/mol. The number of aliphatic imine (C=N–C) groups is 4. The molecule has 0 saturated carbocycles. The molecule has 1 aliphatic rings. The molecule has 0 unspecified atom stereocenters. The van der Waals surface area contributed by atoms with Gasteiger partial charge in [-0.25, -0.2) is 20.0 Å². The van der Waals surface area contributed by atoms with Crippen LogP contribution in [-0.4, -0.2) is 34.3 Å². The van der Waals surface area contributed by atoms with E-state index in [1.54, 1.807) is 0 Å². The first-order valence-electron chi connectivity index (χ1n) is 16.5. The molecule has 0 aromatic heterocycles. The molecular weight excluding hydrogens is 617 g/mol. The number of para-hydroxylation sites is 4. The van der Waals surface area contributed by atoms with Gasteiger partial charge in [0.2, 0.25) is 0 Å². The number of hydrogen-bond acceptors (Lipinski definition) is 8. The fraction of sp³-hybridized carbons (Fsp3) is 0.0952. The predicted octanol–water partition coefficient (Wildman–Crippen LogP) is 11.0. The van der Waals surface area contributed by atoms with Crippen LogP contribution in [0.1, 0.15) is 27.7 Å². The van der Waals surface area contributed by atoms with Crippen molar-refractivity contribution in [2.45, 2.75) is 27.7 Å². The molecule has 0 radical (unpaired) electrons. The van der Waals surface area contributed by atoms with E-state index in [1.807, 2.05) is 125 Å². The van der Waals surface area contributed by atoms with Crippen LogP contribution in [0.15, 0.2) is 164 Å². The third kappa shape index (κ3) is 6.86. The third-order valence-electron chi connectivity index (χ3n) is 8.44. The summed E-state index contributed by atoms with van der Waals surface area (Å²) in [6.07, 6.45) is 0. The molecule has 2 N–H and O–H groups in total. The molecule has 244 valence electrons. The van der Waals surface area contributed by atoms with Crippen LogP contribution in [0.5, 0.6) is 0 Å². The van der Waals surface area contributed by atoms with Crippen molar-refractivity contribution in [1.82, 2.24) is 0 Å². The fourth-order valence-electron chi connectivity index (χ4n) is 5.97. The van der Waals surface area contributed by atoms with Gasteiger partial charge in [0, 0.05) is 10.8 Å². The van der Waals surface area contributed by atoms with E-state index in [0.29, 0.717) is 57.0 Å². The number of benzene rings is 6. The Balaban J connectivity index is 1.37. The second-order valence-electron chi connectivity index (χ2n) is 12.0. The number of nitrogens with zero attached hydrogens (tertiary/aromatic N) is 6. The van der Waals surface area contributed by atoms with Crippen molar-refractivity contribution in [2.24, 2.45) is 30.2 Å². The average molecular weight is 653 g/mol. The summed E-state index contributed by atoms with van der Waals surface area (Å²) in [7, 11) is 0. The van der Waals surface area contributed by atoms with Gasteiger partial charge in [-0.05, 0) is 74.9 Å². The van der Waals surface area contributed by atoms with E-state index < -0.39 is 0 Å². The Kier molecular flexibility index (Phi) is 9.16. The van der Waals surface area contributed by atoms with Gasteiger partial charge in [0.05, 0.1) is 57.0 Å². The highest BCUT2D eigenvalue weighted by Gasteiger charge is 2.16. The summed E-state index contributed by atoms with van der Waals surface area (Å²) in [4.78, 5) is 20.3. The molecule has 0 bridgehead atoms. The van der Waals surface area contributed by atoms with Gasteiger partial charge in [0.25, 0.3) is 0 Å². The lowest BCUT2D eigenvalue weighted by atomic mass is 10.1. The first kappa shape index (κ1) is 32.0. The largest absolute Gasteiger partial charge is 0.277 e. The second kappa shape index (κ2) is 14.3. The lowest BCUT2D eigenvalue weighted by Gasteiger charge is -2.13. The van der Waals surface area contributed by atoms with Crippen molar-refractivity contribution in [3.05, 3.63) is 133 Å². The van der Waals surface area contributed by atoms with E-state index in [1.165, 1.54) is 0 Å². The zero-order valence-electron chi connectivity index (χ0n) is 28.4. The molecule has 6 aromatic carbocycles. The molecular formula is C42H36N8. The van der Waals surface area contributed by atoms with Gasteiger partial charge in [-0.3, -0.25) is 10.9 Å². The minimum absolute atomic E-state index is 0.613. The number of hydrazone groups is 2. The summed E-state index contributed by atoms with van der Waals surface area (Å²) in [5, 5.41) is 14.2. The Morgan fingerprint density at radius 1 is 0.360 bits per heavy atom. The highest BCUT2D eigenvalue weighted by atomic mass is 15.3. The predicted molar refractivity (Wildman–Crippen MR) is 214 cm³/mol. The first-order chi connectivity index (χ1) is 24.4. The summed E-state index contributed by atoms with van der Waals surface area (Å²) in [6, 6.07) is 44.3. The summed E-state index contributed by atoms with van der Waals surface area (Å²) < 4.78 is 0. The number of nitrogens with one attached hydrogen (secondary N) is 2. The summed E-state index contributed by atoms with van der Waals surface area (Å²) in [6.45, 7) is 7.77.